The van der Waals surface area contributed by atoms with E-state index in [1.54, 1.807) is 24.3 Å². The van der Waals surface area contributed by atoms with Crippen molar-refractivity contribution in [3.63, 3.8) is 0 Å². The molecule has 1 aromatic heterocycles. The second-order valence-electron chi connectivity index (χ2n) is 6.98. The summed E-state index contributed by atoms with van der Waals surface area (Å²) in [5.41, 5.74) is -0.288. The maximum Gasteiger partial charge on any atom is 0.471 e. The molecule has 33 heavy (non-hydrogen) atoms. The first kappa shape index (κ1) is 22.5. The molecule has 7 nitrogen and oxygen atoms in total. The van der Waals surface area contributed by atoms with Gasteiger partial charge in [-0.3, -0.25) is 9.59 Å². The van der Waals surface area contributed by atoms with Crippen molar-refractivity contribution in [2.45, 2.75) is 19.3 Å². The van der Waals surface area contributed by atoms with Gasteiger partial charge >= 0.3 is 12.1 Å². The van der Waals surface area contributed by atoms with Crippen molar-refractivity contribution in [1.82, 2.24) is 10.1 Å². The molecule has 0 bridgehead atoms. The molecule has 0 saturated carbocycles. The minimum atomic E-state index is -4.84. The van der Waals surface area contributed by atoms with Crippen molar-refractivity contribution < 1.29 is 22.1 Å². The SMILES string of the molecule is O=c1c(NCc2ccc(Cl)cc2)c(NCc2ccc(-c3noc(C(F)(F)F)n3)c(F)c2)c1=O. The van der Waals surface area contributed by atoms with Crippen LogP contribution in [0.1, 0.15) is 17.0 Å². The number of rotatable bonds is 7. The minimum absolute atomic E-state index is 0.0161. The summed E-state index contributed by atoms with van der Waals surface area (Å²) >= 11 is 5.83. The number of anilines is 2. The van der Waals surface area contributed by atoms with Gasteiger partial charge in [0.25, 0.3) is 10.9 Å². The predicted molar refractivity (Wildman–Crippen MR) is 112 cm³/mol. The third-order valence-electron chi connectivity index (χ3n) is 4.71. The van der Waals surface area contributed by atoms with Crippen molar-refractivity contribution in [3.8, 4) is 11.4 Å². The minimum Gasteiger partial charge on any atom is -0.376 e. The zero-order valence-electron chi connectivity index (χ0n) is 16.5. The molecule has 12 heteroatoms. The van der Waals surface area contributed by atoms with Gasteiger partial charge in [-0.15, -0.1) is 0 Å². The summed E-state index contributed by atoms with van der Waals surface area (Å²) in [4.78, 5) is 27.0. The van der Waals surface area contributed by atoms with E-state index < -0.39 is 34.6 Å². The van der Waals surface area contributed by atoms with Crippen LogP contribution >= 0.6 is 11.6 Å². The van der Waals surface area contributed by atoms with Crippen LogP contribution in [0.15, 0.2) is 56.6 Å². The summed E-state index contributed by atoms with van der Waals surface area (Å²) in [6.07, 6.45) is -4.84. The number of hydrogen-bond acceptors (Lipinski definition) is 7. The predicted octanol–water partition coefficient (Wildman–Crippen LogP) is 4.37. The lowest BCUT2D eigenvalue weighted by atomic mass is 10.1. The Morgan fingerprint density at radius 3 is 2.03 bits per heavy atom. The van der Waals surface area contributed by atoms with Crippen LogP contribution in [0.4, 0.5) is 28.9 Å². The maximum absolute atomic E-state index is 14.4. The quantitative estimate of drug-likeness (QED) is 0.299. The van der Waals surface area contributed by atoms with E-state index in [1.165, 1.54) is 12.1 Å². The standard InChI is InChI=1S/C21H13ClF4N4O3/c22-12-4-1-10(2-5-12)8-27-15-16(18(32)17(15)31)28-9-11-3-6-13(14(23)7-11)19-29-20(33-30-19)21(24,25)26/h1-7,27-28H,8-9H2. The van der Waals surface area contributed by atoms with Gasteiger partial charge in [-0.05, 0) is 35.4 Å². The number of nitrogens with one attached hydrogen (secondary N) is 2. The number of nitrogens with zero attached hydrogens (tertiary/aromatic N) is 2. The molecular weight excluding hydrogens is 468 g/mol. The van der Waals surface area contributed by atoms with Crippen molar-refractivity contribution in [3.05, 3.63) is 90.8 Å². The average Bonchev–Trinajstić information content (AvgIpc) is 3.27. The maximum atomic E-state index is 14.4. The van der Waals surface area contributed by atoms with Crippen molar-refractivity contribution >= 4 is 23.0 Å². The molecule has 2 N–H and O–H groups in total. The molecule has 0 fully saturated rings. The summed E-state index contributed by atoms with van der Waals surface area (Å²) in [5.74, 6) is -3.01. The zero-order valence-corrected chi connectivity index (χ0v) is 17.2. The molecule has 3 aromatic carbocycles. The topological polar surface area (TPSA) is 97.1 Å². The Morgan fingerprint density at radius 2 is 1.48 bits per heavy atom. The number of hydrogen-bond donors (Lipinski definition) is 2. The lowest BCUT2D eigenvalue weighted by molar-refractivity contribution is -0.159. The molecule has 170 valence electrons. The third-order valence-corrected chi connectivity index (χ3v) is 4.96. The monoisotopic (exact) mass is 480 g/mol. The summed E-state index contributed by atoms with van der Waals surface area (Å²) in [5, 5.41) is 9.39. The first-order valence-electron chi connectivity index (χ1n) is 9.38. The molecule has 1 heterocycles. The molecule has 0 aliphatic heterocycles. The molecule has 0 aliphatic carbocycles. The molecule has 0 aliphatic rings. The fourth-order valence-electron chi connectivity index (χ4n) is 3.01. The van der Waals surface area contributed by atoms with Crippen LogP contribution in [0.2, 0.25) is 5.02 Å². The Labute approximate surface area is 187 Å². The lowest BCUT2D eigenvalue weighted by Gasteiger charge is -2.15. The van der Waals surface area contributed by atoms with Crippen molar-refractivity contribution in [2.75, 3.05) is 10.6 Å². The van der Waals surface area contributed by atoms with Gasteiger partial charge in [0.15, 0.2) is 0 Å². The lowest BCUT2D eigenvalue weighted by Crippen LogP contribution is -2.37. The number of benzene rings is 2. The van der Waals surface area contributed by atoms with Crippen molar-refractivity contribution in [2.24, 2.45) is 0 Å². The van der Waals surface area contributed by atoms with Gasteiger partial charge in [0.1, 0.15) is 17.2 Å². The van der Waals surface area contributed by atoms with Crippen LogP contribution in [0.5, 0.6) is 0 Å². The average molecular weight is 481 g/mol. The van der Waals surface area contributed by atoms with Gasteiger partial charge in [0.2, 0.25) is 5.82 Å². The summed E-state index contributed by atoms with van der Waals surface area (Å²) in [6, 6.07) is 10.6. The summed E-state index contributed by atoms with van der Waals surface area (Å²) in [6.45, 7) is 0.266. The first-order chi connectivity index (χ1) is 15.6. The molecular formula is C21H13ClF4N4O3. The van der Waals surface area contributed by atoms with Crippen LogP contribution < -0.4 is 21.5 Å². The Hall–Kier alpha value is -3.73. The van der Waals surface area contributed by atoms with Crippen molar-refractivity contribution in [1.29, 1.82) is 0 Å². The Balaban J connectivity index is 1.43. The second-order valence-corrected chi connectivity index (χ2v) is 7.41. The van der Waals surface area contributed by atoms with Crippen LogP contribution in [0, 0.1) is 5.82 Å². The van der Waals surface area contributed by atoms with Crippen LogP contribution in [-0.2, 0) is 19.3 Å². The van der Waals surface area contributed by atoms with E-state index in [2.05, 4.69) is 25.3 Å². The smallest absolute Gasteiger partial charge is 0.376 e. The van der Waals surface area contributed by atoms with Gasteiger partial charge in [-0.25, -0.2) is 4.39 Å². The normalized spacial score (nSPS) is 11.7. The fourth-order valence-corrected chi connectivity index (χ4v) is 3.14. The van der Waals surface area contributed by atoms with E-state index in [4.69, 9.17) is 11.6 Å². The van der Waals surface area contributed by atoms with Gasteiger partial charge < -0.3 is 15.2 Å². The van der Waals surface area contributed by atoms with Crippen LogP contribution in [-0.4, -0.2) is 10.1 Å². The molecule has 4 rings (SSSR count). The largest absolute Gasteiger partial charge is 0.471 e. The van der Waals surface area contributed by atoms with E-state index in [0.717, 1.165) is 11.6 Å². The molecule has 4 aromatic rings. The highest BCUT2D eigenvalue weighted by Gasteiger charge is 2.38. The van der Waals surface area contributed by atoms with E-state index >= 15 is 0 Å². The Kier molecular flexibility index (Phi) is 5.90. The molecule has 0 saturated heterocycles. The van der Waals surface area contributed by atoms with Gasteiger partial charge in [-0.2, -0.15) is 18.2 Å². The molecule has 0 spiro atoms. The van der Waals surface area contributed by atoms with E-state index in [-0.39, 0.29) is 30.0 Å². The van der Waals surface area contributed by atoms with Crippen LogP contribution in [0.3, 0.4) is 0 Å². The highest BCUT2D eigenvalue weighted by molar-refractivity contribution is 6.30. The Morgan fingerprint density at radius 1 is 0.909 bits per heavy atom. The highest BCUT2D eigenvalue weighted by atomic mass is 35.5. The molecule has 0 amide bonds. The molecule has 0 radical (unpaired) electrons. The molecule has 0 atom stereocenters. The summed E-state index contributed by atoms with van der Waals surface area (Å²) < 4.78 is 56.3. The first-order valence-corrected chi connectivity index (χ1v) is 9.76. The van der Waals surface area contributed by atoms with Gasteiger partial charge in [0.05, 0.1) is 5.56 Å². The highest BCUT2D eigenvalue weighted by Crippen LogP contribution is 2.30. The van der Waals surface area contributed by atoms with E-state index in [9.17, 15) is 27.2 Å². The number of aromatic nitrogens is 2. The van der Waals surface area contributed by atoms with Gasteiger partial charge in [0, 0.05) is 18.1 Å². The second kappa shape index (κ2) is 8.66. The van der Waals surface area contributed by atoms with Gasteiger partial charge in [-0.1, -0.05) is 35.0 Å². The number of alkyl halides is 3. The molecule has 0 unspecified atom stereocenters. The van der Waals surface area contributed by atoms with E-state index in [0.29, 0.717) is 10.6 Å². The van der Waals surface area contributed by atoms with Crippen LogP contribution in [0.25, 0.3) is 11.4 Å². The fraction of sp³-hybridized carbons (Fsp3) is 0.143. The summed E-state index contributed by atoms with van der Waals surface area (Å²) in [7, 11) is 0. The third kappa shape index (κ3) is 4.72. The van der Waals surface area contributed by atoms with E-state index in [1.807, 2.05) is 0 Å². The zero-order chi connectivity index (χ0) is 23.8. The number of halogens is 5. The Bertz CT molecular complexity index is 1380.